The third-order valence-corrected chi connectivity index (χ3v) is 2.67. The normalized spacial score (nSPS) is 20.9. The van der Waals surface area contributed by atoms with Crippen LogP contribution in [-0.4, -0.2) is 31.2 Å². The lowest BCUT2D eigenvalue weighted by molar-refractivity contribution is -0.158. The van der Waals surface area contributed by atoms with E-state index in [4.69, 9.17) is 0 Å². The van der Waals surface area contributed by atoms with Crippen molar-refractivity contribution in [2.45, 2.75) is 25.1 Å². The molecule has 110 valence electrons. The third-order valence-electron chi connectivity index (χ3n) is 2.67. The number of carbonyl (C=O) groups excluding carboxylic acids is 1. The first-order valence-corrected chi connectivity index (χ1v) is 5.74. The maximum absolute atomic E-state index is 12.9. The highest BCUT2D eigenvalue weighted by atomic mass is 19.3. The molecule has 0 spiro atoms. The molecular formula is C12H11F4NO3. The van der Waals surface area contributed by atoms with E-state index in [1.807, 2.05) is 0 Å². The molecule has 1 unspecified atom stereocenters. The smallest absolute Gasteiger partial charge is 0.387 e. The molecule has 0 aliphatic carbocycles. The van der Waals surface area contributed by atoms with Crippen molar-refractivity contribution in [2.24, 2.45) is 0 Å². The van der Waals surface area contributed by atoms with Crippen LogP contribution in [0.5, 0.6) is 5.75 Å². The highest BCUT2D eigenvalue weighted by Crippen LogP contribution is 2.31. The molecule has 1 fully saturated rings. The fourth-order valence-electron chi connectivity index (χ4n) is 1.75. The zero-order valence-corrected chi connectivity index (χ0v) is 10.1. The van der Waals surface area contributed by atoms with Crippen LogP contribution in [0.25, 0.3) is 0 Å². The van der Waals surface area contributed by atoms with Gasteiger partial charge < -0.3 is 14.8 Å². The number of rotatable bonds is 5. The molecule has 0 amide bonds. The van der Waals surface area contributed by atoms with Crippen molar-refractivity contribution >= 4 is 11.7 Å². The Bertz CT molecular complexity index is 478. The summed E-state index contributed by atoms with van der Waals surface area (Å²) in [6.45, 7) is -2.90. The Morgan fingerprint density at radius 1 is 1.35 bits per heavy atom. The number of nitrogens with one attached hydrogen (secondary N) is 1. The van der Waals surface area contributed by atoms with Crippen LogP contribution in [0.3, 0.4) is 0 Å². The van der Waals surface area contributed by atoms with E-state index in [1.165, 1.54) is 24.3 Å². The highest BCUT2D eigenvalue weighted by molar-refractivity contribution is 5.79. The fourth-order valence-corrected chi connectivity index (χ4v) is 1.75. The van der Waals surface area contributed by atoms with Crippen molar-refractivity contribution in [1.82, 2.24) is 0 Å². The molecule has 1 saturated heterocycles. The van der Waals surface area contributed by atoms with Gasteiger partial charge in [-0.25, -0.2) is 4.79 Å². The molecular weight excluding hydrogens is 282 g/mol. The number of carbonyl (C=O) groups is 1. The predicted molar refractivity (Wildman–Crippen MR) is 61.0 cm³/mol. The second-order valence-corrected chi connectivity index (χ2v) is 4.22. The summed E-state index contributed by atoms with van der Waals surface area (Å²) in [5.74, 6) is -4.98. The second-order valence-electron chi connectivity index (χ2n) is 4.22. The number of cyclic esters (lactones) is 1. The minimum absolute atomic E-state index is 0.00984. The molecule has 1 aliphatic rings. The first-order chi connectivity index (χ1) is 9.37. The van der Waals surface area contributed by atoms with Crippen LogP contribution >= 0.6 is 0 Å². The van der Waals surface area contributed by atoms with Gasteiger partial charge in [-0.3, -0.25) is 0 Å². The number of halogens is 4. The molecule has 0 radical (unpaired) electrons. The van der Waals surface area contributed by atoms with E-state index in [0.717, 1.165) is 0 Å². The van der Waals surface area contributed by atoms with Crippen molar-refractivity contribution in [3.8, 4) is 5.75 Å². The number of ether oxygens (including phenoxy) is 2. The Balaban J connectivity index is 1.84. The number of benzene rings is 1. The molecule has 8 heteroatoms. The lowest BCUT2D eigenvalue weighted by Crippen LogP contribution is -2.22. The number of esters is 1. The summed E-state index contributed by atoms with van der Waals surface area (Å²) in [5.41, 5.74) is 0.512. The van der Waals surface area contributed by atoms with E-state index in [0.29, 0.717) is 5.69 Å². The minimum atomic E-state index is -3.44. The third kappa shape index (κ3) is 3.52. The molecule has 1 aromatic rings. The Morgan fingerprint density at radius 2 is 2.00 bits per heavy atom. The summed E-state index contributed by atoms with van der Waals surface area (Å²) in [6, 6.07) is 5.52. The van der Waals surface area contributed by atoms with Crippen LogP contribution in [0.1, 0.15) is 6.42 Å². The van der Waals surface area contributed by atoms with Crippen LogP contribution in [0, 0.1) is 0 Å². The van der Waals surface area contributed by atoms with Crippen LogP contribution in [0.2, 0.25) is 0 Å². The zero-order chi connectivity index (χ0) is 14.8. The highest BCUT2D eigenvalue weighted by Gasteiger charge is 2.50. The summed E-state index contributed by atoms with van der Waals surface area (Å²) < 4.78 is 58.3. The largest absolute Gasteiger partial charge is 0.456 e. The van der Waals surface area contributed by atoms with Gasteiger partial charge in [0.1, 0.15) is 11.9 Å². The SMILES string of the molecule is O=C1OC(CNc2ccc(OC(F)F)cc2)CC1(F)F. The van der Waals surface area contributed by atoms with E-state index >= 15 is 0 Å². The molecule has 1 atom stereocenters. The summed E-state index contributed by atoms with van der Waals surface area (Å²) >= 11 is 0. The van der Waals surface area contributed by atoms with Gasteiger partial charge >= 0.3 is 18.5 Å². The lowest BCUT2D eigenvalue weighted by atomic mass is 10.2. The fraction of sp³-hybridized carbons (Fsp3) is 0.417. The standard InChI is InChI=1S/C12H11F4NO3/c13-11(14)20-8-3-1-7(2-4-8)17-6-9-5-12(15,16)10(18)19-9/h1-4,9,11,17H,5-6H2. The Kier molecular flexibility index (Phi) is 4.01. The van der Waals surface area contributed by atoms with Gasteiger partial charge in [-0.15, -0.1) is 0 Å². The van der Waals surface area contributed by atoms with E-state index in [9.17, 15) is 22.4 Å². The van der Waals surface area contributed by atoms with E-state index in [1.54, 1.807) is 0 Å². The zero-order valence-electron chi connectivity index (χ0n) is 10.1. The van der Waals surface area contributed by atoms with Gasteiger partial charge in [0.2, 0.25) is 0 Å². The summed E-state index contributed by atoms with van der Waals surface area (Å²) in [5, 5.41) is 2.77. The van der Waals surface area contributed by atoms with Gasteiger partial charge in [0.05, 0.1) is 13.0 Å². The topological polar surface area (TPSA) is 47.6 Å². The monoisotopic (exact) mass is 293 g/mol. The van der Waals surface area contributed by atoms with Crippen LogP contribution < -0.4 is 10.1 Å². The van der Waals surface area contributed by atoms with E-state index in [-0.39, 0.29) is 12.3 Å². The van der Waals surface area contributed by atoms with Crippen molar-refractivity contribution < 1.29 is 31.8 Å². The molecule has 1 aliphatic heterocycles. The van der Waals surface area contributed by atoms with E-state index < -0.39 is 31.0 Å². The average molecular weight is 293 g/mol. The quantitative estimate of drug-likeness (QED) is 0.670. The van der Waals surface area contributed by atoms with Crippen LogP contribution in [-0.2, 0) is 9.53 Å². The van der Waals surface area contributed by atoms with Gasteiger partial charge in [-0.2, -0.15) is 17.6 Å². The van der Waals surface area contributed by atoms with Crippen LogP contribution in [0.4, 0.5) is 23.2 Å². The number of hydrogen-bond acceptors (Lipinski definition) is 4. The molecule has 4 nitrogen and oxygen atoms in total. The number of alkyl halides is 4. The van der Waals surface area contributed by atoms with Crippen molar-refractivity contribution in [1.29, 1.82) is 0 Å². The second kappa shape index (κ2) is 5.56. The molecule has 0 bridgehead atoms. The number of anilines is 1. The maximum Gasteiger partial charge on any atom is 0.387 e. The Hall–Kier alpha value is -1.99. The van der Waals surface area contributed by atoms with Gasteiger partial charge in [0.25, 0.3) is 0 Å². The first kappa shape index (κ1) is 14.4. The molecule has 0 aromatic heterocycles. The molecule has 0 saturated carbocycles. The molecule has 1 aromatic carbocycles. The van der Waals surface area contributed by atoms with Crippen LogP contribution in [0.15, 0.2) is 24.3 Å². The first-order valence-electron chi connectivity index (χ1n) is 5.74. The maximum atomic E-state index is 12.9. The molecule has 20 heavy (non-hydrogen) atoms. The molecule has 1 N–H and O–H groups in total. The summed E-state index contributed by atoms with van der Waals surface area (Å²) in [7, 11) is 0. The van der Waals surface area contributed by atoms with Crippen molar-refractivity contribution in [3.63, 3.8) is 0 Å². The van der Waals surface area contributed by atoms with Gasteiger partial charge in [0, 0.05) is 5.69 Å². The summed E-state index contributed by atoms with van der Waals surface area (Å²) in [4.78, 5) is 10.8. The van der Waals surface area contributed by atoms with Gasteiger partial charge in [-0.1, -0.05) is 0 Å². The van der Waals surface area contributed by atoms with Gasteiger partial charge in [-0.05, 0) is 24.3 Å². The average Bonchev–Trinajstić information content (AvgIpc) is 2.62. The summed E-state index contributed by atoms with van der Waals surface area (Å²) in [6.07, 6.45) is -1.60. The number of hydrogen-bond donors (Lipinski definition) is 1. The molecule has 1 heterocycles. The van der Waals surface area contributed by atoms with Crippen molar-refractivity contribution in [3.05, 3.63) is 24.3 Å². The van der Waals surface area contributed by atoms with E-state index in [2.05, 4.69) is 14.8 Å². The minimum Gasteiger partial charge on any atom is -0.456 e. The Labute approximate surface area is 111 Å². The van der Waals surface area contributed by atoms with Gasteiger partial charge in [0.15, 0.2) is 0 Å². The molecule has 2 rings (SSSR count). The Morgan fingerprint density at radius 3 is 2.50 bits per heavy atom. The van der Waals surface area contributed by atoms with Crippen molar-refractivity contribution in [2.75, 3.05) is 11.9 Å². The lowest BCUT2D eigenvalue weighted by Gasteiger charge is -2.11. The predicted octanol–water partition coefficient (Wildman–Crippen LogP) is 2.65.